The van der Waals surface area contributed by atoms with Gasteiger partial charge in [-0.15, -0.1) is 12.4 Å². The highest BCUT2D eigenvalue weighted by Gasteiger charge is 2.13. The van der Waals surface area contributed by atoms with Gasteiger partial charge >= 0.3 is 0 Å². The maximum Gasteiger partial charge on any atom is 0.239 e. The third-order valence-corrected chi connectivity index (χ3v) is 2.35. The molecule has 5 heteroatoms. The van der Waals surface area contributed by atoms with Gasteiger partial charge in [0, 0.05) is 18.6 Å². The van der Waals surface area contributed by atoms with E-state index in [4.69, 9.17) is 17.3 Å². The van der Waals surface area contributed by atoms with E-state index >= 15 is 0 Å². The first kappa shape index (κ1) is 15.2. The standard InChI is InChI=1S/C11H15ClN2O.ClH/c1-8(13)11(15)14(2)7-9-3-5-10(12)6-4-9;/h3-6,8H,7,13H2,1-2H3;1H/t8-;/m1./s1. The van der Waals surface area contributed by atoms with Gasteiger partial charge in [0.15, 0.2) is 0 Å². The molecular weight excluding hydrogens is 247 g/mol. The molecule has 0 unspecified atom stereocenters. The largest absolute Gasteiger partial charge is 0.340 e. The van der Waals surface area contributed by atoms with Crippen molar-refractivity contribution in [1.29, 1.82) is 0 Å². The van der Waals surface area contributed by atoms with Crippen LogP contribution in [-0.4, -0.2) is 23.9 Å². The number of nitrogens with two attached hydrogens (primary N) is 1. The average Bonchev–Trinajstić information content (AvgIpc) is 2.20. The predicted octanol–water partition coefficient (Wildman–Crippen LogP) is 2.07. The second-order valence-electron chi connectivity index (χ2n) is 3.61. The van der Waals surface area contributed by atoms with Crippen molar-refractivity contribution < 1.29 is 4.79 Å². The molecule has 0 fully saturated rings. The summed E-state index contributed by atoms with van der Waals surface area (Å²) < 4.78 is 0. The lowest BCUT2D eigenvalue weighted by Crippen LogP contribution is -2.39. The maximum absolute atomic E-state index is 11.5. The van der Waals surface area contributed by atoms with Crippen LogP contribution in [0.1, 0.15) is 12.5 Å². The maximum atomic E-state index is 11.5. The van der Waals surface area contributed by atoms with Crippen LogP contribution in [0, 0.1) is 0 Å². The average molecular weight is 263 g/mol. The van der Waals surface area contributed by atoms with Crippen molar-refractivity contribution in [2.75, 3.05) is 7.05 Å². The van der Waals surface area contributed by atoms with Crippen molar-refractivity contribution in [3.63, 3.8) is 0 Å². The molecule has 1 aromatic carbocycles. The number of carbonyl (C=O) groups is 1. The molecule has 1 amide bonds. The van der Waals surface area contributed by atoms with Crippen LogP contribution in [0.3, 0.4) is 0 Å². The molecule has 0 saturated heterocycles. The van der Waals surface area contributed by atoms with Crippen molar-refractivity contribution in [2.24, 2.45) is 5.73 Å². The number of rotatable bonds is 3. The van der Waals surface area contributed by atoms with E-state index < -0.39 is 6.04 Å². The summed E-state index contributed by atoms with van der Waals surface area (Å²) in [4.78, 5) is 13.1. The first-order chi connectivity index (χ1) is 7.00. The molecule has 2 N–H and O–H groups in total. The molecular formula is C11H16Cl2N2O. The second-order valence-corrected chi connectivity index (χ2v) is 4.05. The van der Waals surface area contributed by atoms with Gasteiger partial charge in [0.2, 0.25) is 5.91 Å². The van der Waals surface area contributed by atoms with E-state index in [2.05, 4.69) is 0 Å². The third-order valence-electron chi connectivity index (χ3n) is 2.10. The zero-order valence-corrected chi connectivity index (χ0v) is 10.9. The number of benzene rings is 1. The molecule has 0 heterocycles. The fourth-order valence-corrected chi connectivity index (χ4v) is 1.42. The smallest absolute Gasteiger partial charge is 0.239 e. The van der Waals surface area contributed by atoms with Crippen LogP contribution in [0.4, 0.5) is 0 Å². The van der Waals surface area contributed by atoms with Gasteiger partial charge < -0.3 is 10.6 Å². The molecule has 1 aromatic rings. The van der Waals surface area contributed by atoms with Crippen LogP contribution in [-0.2, 0) is 11.3 Å². The highest BCUT2D eigenvalue weighted by Crippen LogP contribution is 2.11. The van der Waals surface area contributed by atoms with Crippen LogP contribution >= 0.6 is 24.0 Å². The Hall–Kier alpha value is -0.770. The van der Waals surface area contributed by atoms with Gasteiger partial charge in [-0.2, -0.15) is 0 Å². The number of likely N-dealkylation sites (N-methyl/N-ethyl adjacent to an activating group) is 1. The number of halogens is 2. The summed E-state index contributed by atoms with van der Waals surface area (Å²) in [6.07, 6.45) is 0. The number of hydrogen-bond donors (Lipinski definition) is 1. The predicted molar refractivity (Wildman–Crippen MR) is 68.8 cm³/mol. The van der Waals surface area contributed by atoms with E-state index in [1.807, 2.05) is 12.1 Å². The molecule has 0 radical (unpaired) electrons. The molecule has 90 valence electrons. The lowest BCUT2D eigenvalue weighted by Gasteiger charge is -2.19. The first-order valence-electron chi connectivity index (χ1n) is 4.75. The molecule has 16 heavy (non-hydrogen) atoms. The fourth-order valence-electron chi connectivity index (χ4n) is 1.29. The van der Waals surface area contributed by atoms with Gasteiger partial charge in [0.05, 0.1) is 6.04 Å². The minimum absolute atomic E-state index is 0. The number of carbonyl (C=O) groups excluding carboxylic acids is 1. The summed E-state index contributed by atoms with van der Waals surface area (Å²) in [6.45, 7) is 2.23. The third kappa shape index (κ3) is 4.39. The minimum Gasteiger partial charge on any atom is -0.340 e. The lowest BCUT2D eigenvalue weighted by molar-refractivity contribution is -0.131. The van der Waals surface area contributed by atoms with Crippen molar-refractivity contribution in [3.05, 3.63) is 34.9 Å². The lowest BCUT2D eigenvalue weighted by atomic mass is 10.2. The molecule has 0 spiro atoms. The van der Waals surface area contributed by atoms with Crippen LogP contribution < -0.4 is 5.73 Å². The number of hydrogen-bond acceptors (Lipinski definition) is 2. The molecule has 1 atom stereocenters. The van der Waals surface area contributed by atoms with E-state index in [0.29, 0.717) is 11.6 Å². The Labute approximate surface area is 107 Å². The van der Waals surface area contributed by atoms with Crippen LogP contribution in [0.25, 0.3) is 0 Å². The summed E-state index contributed by atoms with van der Waals surface area (Å²) in [7, 11) is 1.74. The van der Waals surface area contributed by atoms with E-state index in [-0.39, 0.29) is 18.3 Å². The summed E-state index contributed by atoms with van der Waals surface area (Å²) >= 11 is 5.76. The Bertz CT molecular complexity index is 338. The molecule has 0 saturated carbocycles. The molecule has 3 nitrogen and oxygen atoms in total. The number of amides is 1. The summed E-state index contributed by atoms with van der Waals surface area (Å²) in [6, 6.07) is 6.95. The molecule has 0 aliphatic rings. The SMILES string of the molecule is C[C@@H](N)C(=O)N(C)Cc1ccc(Cl)cc1.Cl. The topological polar surface area (TPSA) is 46.3 Å². The number of nitrogens with zero attached hydrogens (tertiary/aromatic N) is 1. The van der Waals surface area contributed by atoms with Gasteiger partial charge in [-0.3, -0.25) is 4.79 Å². The van der Waals surface area contributed by atoms with Crippen LogP contribution in [0.5, 0.6) is 0 Å². The Kier molecular flexibility index (Phi) is 6.41. The molecule has 0 aliphatic carbocycles. The van der Waals surface area contributed by atoms with Crippen molar-refractivity contribution >= 4 is 29.9 Å². The summed E-state index contributed by atoms with van der Waals surface area (Å²) in [5, 5.41) is 0.694. The normalized spacial score (nSPS) is 11.5. The van der Waals surface area contributed by atoms with E-state index in [1.54, 1.807) is 31.0 Å². The van der Waals surface area contributed by atoms with Crippen molar-refractivity contribution in [3.8, 4) is 0 Å². The van der Waals surface area contributed by atoms with Gasteiger partial charge in [0.1, 0.15) is 0 Å². The summed E-state index contributed by atoms with van der Waals surface area (Å²) in [5.74, 6) is -0.0649. The van der Waals surface area contributed by atoms with Gasteiger partial charge in [-0.1, -0.05) is 23.7 Å². The zero-order chi connectivity index (χ0) is 11.4. The van der Waals surface area contributed by atoms with Gasteiger partial charge in [-0.05, 0) is 24.6 Å². The van der Waals surface area contributed by atoms with E-state index in [0.717, 1.165) is 5.56 Å². The second kappa shape index (κ2) is 6.74. The summed E-state index contributed by atoms with van der Waals surface area (Å²) in [5.41, 5.74) is 6.54. The Morgan fingerprint density at radius 1 is 1.44 bits per heavy atom. The molecule has 0 aliphatic heterocycles. The van der Waals surface area contributed by atoms with Crippen molar-refractivity contribution in [1.82, 2.24) is 4.90 Å². The van der Waals surface area contributed by atoms with Crippen molar-refractivity contribution in [2.45, 2.75) is 19.5 Å². The Balaban J connectivity index is 0.00000225. The Morgan fingerprint density at radius 3 is 2.38 bits per heavy atom. The highest BCUT2D eigenvalue weighted by molar-refractivity contribution is 6.30. The molecule has 0 aromatic heterocycles. The van der Waals surface area contributed by atoms with E-state index in [9.17, 15) is 4.79 Å². The van der Waals surface area contributed by atoms with Gasteiger partial charge in [0.25, 0.3) is 0 Å². The Morgan fingerprint density at radius 2 is 1.94 bits per heavy atom. The quantitative estimate of drug-likeness (QED) is 0.907. The monoisotopic (exact) mass is 262 g/mol. The minimum atomic E-state index is -0.456. The molecule has 1 rings (SSSR count). The highest BCUT2D eigenvalue weighted by atomic mass is 35.5. The first-order valence-corrected chi connectivity index (χ1v) is 5.13. The zero-order valence-electron chi connectivity index (χ0n) is 9.31. The van der Waals surface area contributed by atoms with Crippen LogP contribution in [0.2, 0.25) is 5.02 Å². The fraction of sp³-hybridized carbons (Fsp3) is 0.364. The van der Waals surface area contributed by atoms with E-state index in [1.165, 1.54) is 0 Å². The van der Waals surface area contributed by atoms with Crippen LogP contribution in [0.15, 0.2) is 24.3 Å². The van der Waals surface area contributed by atoms with Gasteiger partial charge in [-0.25, -0.2) is 0 Å². The molecule has 0 bridgehead atoms.